The second kappa shape index (κ2) is 3.61. The Morgan fingerprint density at radius 2 is 1.71 bits per heavy atom. The molecule has 0 saturated carbocycles. The van der Waals surface area contributed by atoms with Crippen molar-refractivity contribution in [3.63, 3.8) is 0 Å². The Morgan fingerprint density at radius 1 is 1.07 bits per heavy atom. The minimum atomic E-state index is -4.62. The van der Waals surface area contributed by atoms with Crippen molar-refractivity contribution in [3.8, 4) is 0 Å². The first-order valence-electron chi connectivity index (χ1n) is 3.60. The van der Waals surface area contributed by atoms with Gasteiger partial charge in [-0.25, -0.2) is 0 Å². The van der Waals surface area contributed by atoms with Crippen molar-refractivity contribution in [1.29, 1.82) is 0 Å². The molecule has 0 unspecified atom stereocenters. The van der Waals surface area contributed by atoms with Crippen molar-refractivity contribution in [2.75, 3.05) is 0 Å². The standard InChI is InChI=1S/C9H5F3O2/c10-9(11,12)8-3-6(4-13)1-2-7(8)5-14/h1-5H. The quantitative estimate of drug-likeness (QED) is 0.689. The summed E-state index contributed by atoms with van der Waals surface area (Å²) in [6.45, 7) is 0. The van der Waals surface area contributed by atoms with Crippen LogP contribution in [-0.4, -0.2) is 12.6 Å². The van der Waals surface area contributed by atoms with E-state index in [1.165, 1.54) is 0 Å². The van der Waals surface area contributed by atoms with Gasteiger partial charge in [-0.15, -0.1) is 0 Å². The Labute approximate surface area is 77.3 Å². The largest absolute Gasteiger partial charge is 0.417 e. The fourth-order valence-corrected chi connectivity index (χ4v) is 0.995. The topological polar surface area (TPSA) is 34.1 Å². The molecule has 5 heteroatoms. The molecule has 0 fully saturated rings. The van der Waals surface area contributed by atoms with Crippen LogP contribution in [0.15, 0.2) is 18.2 Å². The van der Waals surface area contributed by atoms with Crippen molar-refractivity contribution in [2.45, 2.75) is 6.18 Å². The van der Waals surface area contributed by atoms with E-state index in [1.807, 2.05) is 0 Å². The Kier molecular flexibility index (Phi) is 2.69. The SMILES string of the molecule is O=Cc1ccc(C=O)c(C(F)(F)F)c1. The molecule has 0 aliphatic heterocycles. The van der Waals surface area contributed by atoms with E-state index >= 15 is 0 Å². The molecule has 0 aliphatic carbocycles. The summed E-state index contributed by atoms with van der Waals surface area (Å²) in [5, 5.41) is 0. The van der Waals surface area contributed by atoms with Crippen molar-refractivity contribution < 1.29 is 22.8 Å². The van der Waals surface area contributed by atoms with Gasteiger partial charge in [-0.1, -0.05) is 12.1 Å². The molecule has 0 atom stereocenters. The predicted molar refractivity (Wildman–Crippen MR) is 42.2 cm³/mol. The van der Waals surface area contributed by atoms with Gasteiger partial charge in [0, 0.05) is 11.1 Å². The van der Waals surface area contributed by atoms with Crippen LogP contribution in [0.4, 0.5) is 13.2 Å². The summed E-state index contributed by atoms with van der Waals surface area (Å²) in [6, 6.07) is 2.78. The summed E-state index contributed by atoms with van der Waals surface area (Å²) >= 11 is 0. The molecule has 2 nitrogen and oxygen atoms in total. The number of benzene rings is 1. The average Bonchev–Trinajstić information content (AvgIpc) is 2.15. The Morgan fingerprint density at radius 3 is 2.14 bits per heavy atom. The van der Waals surface area contributed by atoms with E-state index in [2.05, 4.69) is 0 Å². The number of aldehydes is 2. The summed E-state index contributed by atoms with van der Waals surface area (Å²) in [4.78, 5) is 20.5. The molecule has 1 aromatic carbocycles. The lowest BCUT2D eigenvalue weighted by molar-refractivity contribution is -0.137. The summed E-state index contributed by atoms with van der Waals surface area (Å²) in [5.41, 5.74) is -1.66. The minimum absolute atomic E-state index is 0.108. The second-order valence-electron chi connectivity index (χ2n) is 2.58. The van der Waals surface area contributed by atoms with Gasteiger partial charge in [0.25, 0.3) is 0 Å². The Bertz CT molecular complexity index is 369. The zero-order chi connectivity index (χ0) is 10.8. The van der Waals surface area contributed by atoms with Gasteiger partial charge in [-0.3, -0.25) is 9.59 Å². The highest BCUT2D eigenvalue weighted by atomic mass is 19.4. The number of hydrogen-bond acceptors (Lipinski definition) is 2. The van der Waals surface area contributed by atoms with Crippen LogP contribution in [0, 0.1) is 0 Å². The molecule has 74 valence electrons. The van der Waals surface area contributed by atoms with Gasteiger partial charge in [0.1, 0.15) is 6.29 Å². The molecule has 0 aromatic heterocycles. The fraction of sp³-hybridized carbons (Fsp3) is 0.111. The van der Waals surface area contributed by atoms with Crippen LogP contribution in [0.1, 0.15) is 26.3 Å². The number of hydrogen-bond donors (Lipinski definition) is 0. The van der Waals surface area contributed by atoms with Crippen molar-refractivity contribution in [3.05, 3.63) is 34.9 Å². The normalized spacial score (nSPS) is 11.1. The fourth-order valence-electron chi connectivity index (χ4n) is 0.995. The third-order valence-electron chi connectivity index (χ3n) is 1.65. The second-order valence-corrected chi connectivity index (χ2v) is 2.58. The summed E-state index contributed by atoms with van der Waals surface area (Å²) in [7, 11) is 0. The lowest BCUT2D eigenvalue weighted by Gasteiger charge is -2.09. The first-order valence-corrected chi connectivity index (χ1v) is 3.60. The van der Waals surface area contributed by atoms with Gasteiger partial charge >= 0.3 is 6.18 Å². The minimum Gasteiger partial charge on any atom is -0.298 e. The van der Waals surface area contributed by atoms with E-state index in [9.17, 15) is 22.8 Å². The van der Waals surface area contributed by atoms with Gasteiger partial charge in [0.05, 0.1) is 5.56 Å². The summed E-state index contributed by atoms with van der Waals surface area (Å²) < 4.78 is 36.8. The predicted octanol–water partition coefficient (Wildman–Crippen LogP) is 2.33. The average molecular weight is 202 g/mol. The van der Waals surface area contributed by atoms with E-state index in [0.29, 0.717) is 12.4 Å². The number of carbonyl (C=O) groups is 2. The summed E-state index contributed by atoms with van der Waals surface area (Å²) in [6.07, 6.45) is -4.21. The van der Waals surface area contributed by atoms with Crippen molar-refractivity contribution >= 4 is 12.6 Å². The Hall–Kier alpha value is -1.65. The molecule has 0 amide bonds. The van der Waals surface area contributed by atoms with Gasteiger partial charge < -0.3 is 0 Å². The van der Waals surface area contributed by atoms with Gasteiger partial charge in [-0.05, 0) is 6.07 Å². The Balaban J connectivity index is 3.36. The molecule has 0 radical (unpaired) electrons. The molecular formula is C9H5F3O2. The highest BCUT2D eigenvalue weighted by molar-refractivity contribution is 5.82. The zero-order valence-corrected chi connectivity index (χ0v) is 6.84. The van der Waals surface area contributed by atoms with Crippen LogP contribution in [-0.2, 0) is 6.18 Å². The van der Waals surface area contributed by atoms with E-state index < -0.39 is 17.3 Å². The van der Waals surface area contributed by atoms with Crippen molar-refractivity contribution in [2.24, 2.45) is 0 Å². The van der Waals surface area contributed by atoms with E-state index in [1.54, 1.807) is 0 Å². The van der Waals surface area contributed by atoms with Crippen LogP contribution in [0.25, 0.3) is 0 Å². The number of carbonyl (C=O) groups excluding carboxylic acids is 2. The van der Waals surface area contributed by atoms with E-state index in [4.69, 9.17) is 0 Å². The molecule has 0 aliphatic rings. The third kappa shape index (κ3) is 1.99. The maximum Gasteiger partial charge on any atom is 0.417 e. The highest BCUT2D eigenvalue weighted by Crippen LogP contribution is 2.31. The molecular weight excluding hydrogens is 197 g/mol. The maximum atomic E-state index is 12.3. The molecule has 0 saturated heterocycles. The molecule has 1 rings (SSSR count). The molecule has 0 N–H and O–H groups in total. The maximum absolute atomic E-state index is 12.3. The lowest BCUT2D eigenvalue weighted by Crippen LogP contribution is -2.09. The van der Waals surface area contributed by atoms with Crippen LogP contribution in [0.2, 0.25) is 0 Å². The van der Waals surface area contributed by atoms with Gasteiger partial charge in [0.15, 0.2) is 6.29 Å². The number of alkyl halides is 3. The van der Waals surface area contributed by atoms with Crippen LogP contribution in [0.3, 0.4) is 0 Å². The van der Waals surface area contributed by atoms with Crippen LogP contribution in [0.5, 0.6) is 0 Å². The molecule has 1 aromatic rings. The number of rotatable bonds is 2. The van der Waals surface area contributed by atoms with Gasteiger partial charge in [0.2, 0.25) is 0 Å². The van der Waals surface area contributed by atoms with Crippen LogP contribution >= 0.6 is 0 Å². The third-order valence-corrected chi connectivity index (χ3v) is 1.65. The smallest absolute Gasteiger partial charge is 0.298 e. The zero-order valence-electron chi connectivity index (χ0n) is 6.84. The van der Waals surface area contributed by atoms with Gasteiger partial charge in [-0.2, -0.15) is 13.2 Å². The van der Waals surface area contributed by atoms with E-state index in [-0.39, 0.29) is 11.8 Å². The lowest BCUT2D eigenvalue weighted by atomic mass is 10.1. The van der Waals surface area contributed by atoms with E-state index in [0.717, 1.165) is 12.1 Å². The first-order chi connectivity index (χ1) is 6.49. The van der Waals surface area contributed by atoms with Crippen LogP contribution < -0.4 is 0 Å². The first kappa shape index (κ1) is 10.4. The number of halogens is 3. The summed E-state index contributed by atoms with van der Waals surface area (Å²) in [5.74, 6) is 0. The molecule has 0 spiro atoms. The monoisotopic (exact) mass is 202 g/mol. The van der Waals surface area contributed by atoms with Crippen molar-refractivity contribution in [1.82, 2.24) is 0 Å². The highest BCUT2D eigenvalue weighted by Gasteiger charge is 2.33. The molecule has 0 bridgehead atoms. The molecule has 0 heterocycles. The molecule has 14 heavy (non-hydrogen) atoms.